The summed E-state index contributed by atoms with van der Waals surface area (Å²) in [5.41, 5.74) is 10.1. The zero-order valence-electron chi connectivity index (χ0n) is 14.8. The van der Waals surface area contributed by atoms with Crippen molar-refractivity contribution in [3.63, 3.8) is 0 Å². The van der Waals surface area contributed by atoms with Gasteiger partial charge in [0.05, 0.1) is 23.3 Å². The summed E-state index contributed by atoms with van der Waals surface area (Å²) >= 11 is 1.65. The van der Waals surface area contributed by atoms with Crippen molar-refractivity contribution < 1.29 is 8.78 Å². The van der Waals surface area contributed by atoms with Crippen molar-refractivity contribution >= 4 is 22.8 Å². The summed E-state index contributed by atoms with van der Waals surface area (Å²) in [7, 11) is 0. The van der Waals surface area contributed by atoms with Crippen LogP contribution in [0.4, 0.5) is 8.78 Å². The van der Waals surface area contributed by atoms with Crippen molar-refractivity contribution in [1.29, 1.82) is 0 Å². The van der Waals surface area contributed by atoms with Crippen LogP contribution in [0.25, 0.3) is 22.2 Å². The Morgan fingerprint density at radius 1 is 1.31 bits per heavy atom. The summed E-state index contributed by atoms with van der Waals surface area (Å²) in [6.45, 7) is 1.54. The molecule has 0 saturated carbocycles. The van der Waals surface area contributed by atoms with Gasteiger partial charge in [0.2, 0.25) is 0 Å². The van der Waals surface area contributed by atoms with E-state index >= 15 is 0 Å². The first-order chi connectivity index (χ1) is 12.6. The number of allylic oxidation sites excluding steroid dienone is 1. The number of thioether (sulfide) groups is 1. The summed E-state index contributed by atoms with van der Waals surface area (Å²) in [6.07, 6.45) is 3.38. The van der Waals surface area contributed by atoms with Crippen LogP contribution in [0.3, 0.4) is 0 Å². The normalized spacial score (nSPS) is 12.1. The molecular weight excluding hydrogens is 352 g/mol. The third-order valence-corrected chi connectivity index (χ3v) is 5.10. The Hall–Kier alpha value is -2.18. The Labute approximate surface area is 155 Å². The fourth-order valence-electron chi connectivity index (χ4n) is 3.13. The largest absolute Gasteiger partial charge is 0.336 e. The lowest BCUT2D eigenvalue weighted by Crippen LogP contribution is -2.03. The lowest BCUT2D eigenvalue weighted by atomic mass is 10.1. The molecule has 0 saturated heterocycles. The third-order valence-electron chi connectivity index (χ3n) is 4.37. The lowest BCUT2D eigenvalue weighted by Gasteiger charge is -2.08. The van der Waals surface area contributed by atoms with Crippen LogP contribution in [0.2, 0.25) is 0 Å². The number of benzene rings is 1. The molecule has 1 aromatic carbocycles. The van der Waals surface area contributed by atoms with Crippen LogP contribution in [0.5, 0.6) is 0 Å². The van der Waals surface area contributed by atoms with Gasteiger partial charge in [-0.25, -0.2) is 13.8 Å². The van der Waals surface area contributed by atoms with Crippen molar-refractivity contribution in [2.24, 2.45) is 5.73 Å². The van der Waals surface area contributed by atoms with Crippen LogP contribution in [0.15, 0.2) is 53.2 Å². The molecule has 3 rings (SSSR count). The van der Waals surface area contributed by atoms with E-state index in [0.29, 0.717) is 11.2 Å². The van der Waals surface area contributed by atoms with E-state index in [-0.39, 0.29) is 18.9 Å². The predicted octanol–water partition coefficient (Wildman–Crippen LogP) is 5.02. The Balaban J connectivity index is 2.26. The average Bonchev–Trinajstić information content (AvgIpc) is 2.93. The fraction of sp³-hybridized carbons (Fsp3) is 0.250. The van der Waals surface area contributed by atoms with Gasteiger partial charge in [0.1, 0.15) is 12.5 Å². The molecule has 0 spiro atoms. The van der Waals surface area contributed by atoms with E-state index in [1.165, 1.54) is 6.08 Å². The zero-order valence-corrected chi connectivity index (χ0v) is 15.6. The van der Waals surface area contributed by atoms with E-state index < -0.39 is 6.67 Å². The number of pyridine rings is 1. The lowest BCUT2D eigenvalue weighted by molar-refractivity contribution is 0.477. The SMILES string of the molecule is CSc1cccc(-c2c(C)n(C/C(F)=C/CN)c3ccc(CF)nc23)c1. The van der Waals surface area contributed by atoms with Crippen LogP contribution >= 0.6 is 11.8 Å². The molecule has 2 heterocycles. The summed E-state index contributed by atoms with van der Waals surface area (Å²) in [5, 5.41) is 0. The minimum absolute atomic E-state index is 0.0817. The van der Waals surface area contributed by atoms with Gasteiger partial charge in [0.25, 0.3) is 0 Å². The Bertz CT molecular complexity index is 963. The minimum Gasteiger partial charge on any atom is -0.336 e. The molecule has 136 valence electrons. The molecule has 2 aromatic heterocycles. The maximum atomic E-state index is 14.1. The first-order valence-corrected chi connectivity index (χ1v) is 9.55. The van der Waals surface area contributed by atoms with E-state index in [2.05, 4.69) is 11.1 Å². The van der Waals surface area contributed by atoms with Gasteiger partial charge in [-0.3, -0.25) is 0 Å². The monoisotopic (exact) mass is 373 g/mol. The summed E-state index contributed by atoms with van der Waals surface area (Å²) in [4.78, 5) is 5.61. The van der Waals surface area contributed by atoms with E-state index in [1.54, 1.807) is 17.8 Å². The highest BCUT2D eigenvalue weighted by Crippen LogP contribution is 2.35. The topological polar surface area (TPSA) is 43.8 Å². The van der Waals surface area contributed by atoms with Crippen molar-refractivity contribution in [1.82, 2.24) is 9.55 Å². The Kier molecular flexibility index (Phi) is 5.74. The van der Waals surface area contributed by atoms with E-state index in [1.807, 2.05) is 42.0 Å². The number of hydrogen-bond donors (Lipinski definition) is 1. The highest BCUT2D eigenvalue weighted by molar-refractivity contribution is 7.98. The van der Waals surface area contributed by atoms with Gasteiger partial charge in [-0.2, -0.15) is 0 Å². The first-order valence-electron chi connectivity index (χ1n) is 8.32. The zero-order chi connectivity index (χ0) is 18.7. The summed E-state index contributed by atoms with van der Waals surface area (Å²) < 4.78 is 29.2. The van der Waals surface area contributed by atoms with Crippen molar-refractivity contribution in [2.75, 3.05) is 12.8 Å². The highest BCUT2D eigenvalue weighted by atomic mass is 32.2. The molecule has 0 atom stereocenters. The molecule has 0 unspecified atom stereocenters. The number of fused-ring (bicyclic) bond motifs is 1. The van der Waals surface area contributed by atoms with Gasteiger partial charge in [-0.1, -0.05) is 12.1 Å². The number of nitrogens with zero attached hydrogens (tertiary/aromatic N) is 2. The number of rotatable bonds is 6. The number of aromatic nitrogens is 2. The average molecular weight is 373 g/mol. The van der Waals surface area contributed by atoms with Crippen LogP contribution in [0, 0.1) is 6.92 Å². The Morgan fingerprint density at radius 2 is 2.12 bits per heavy atom. The second kappa shape index (κ2) is 8.01. The maximum absolute atomic E-state index is 14.1. The van der Waals surface area contributed by atoms with Crippen LogP contribution in [0.1, 0.15) is 11.4 Å². The van der Waals surface area contributed by atoms with Gasteiger partial charge in [-0.05, 0) is 49.1 Å². The van der Waals surface area contributed by atoms with E-state index in [4.69, 9.17) is 5.73 Å². The molecule has 3 nitrogen and oxygen atoms in total. The van der Waals surface area contributed by atoms with E-state index in [0.717, 1.165) is 27.2 Å². The molecule has 0 amide bonds. The van der Waals surface area contributed by atoms with Crippen molar-refractivity contribution in [2.45, 2.75) is 25.0 Å². The quantitative estimate of drug-likeness (QED) is 0.617. The first kappa shape index (κ1) is 18.6. The van der Waals surface area contributed by atoms with Gasteiger partial charge in [0, 0.05) is 22.7 Å². The maximum Gasteiger partial charge on any atom is 0.131 e. The minimum atomic E-state index is -0.633. The molecule has 0 aliphatic heterocycles. The summed E-state index contributed by atoms with van der Waals surface area (Å²) in [5.74, 6) is -0.300. The highest BCUT2D eigenvalue weighted by Gasteiger charge is 2.18. The molecule has 0 aliphatic rings. The van der Waals surface area contributed by atoms with Crippen molar-refractivity contribution in [3.8, 4) is 11.1 Å². The molecule has 0 aliphatic carbocycles. The molecular formula is C20H21F2N3S. The van der Waals surface area contributed by atoms with Crippen LogP contribution in [-0.4, -0.2) is 22.4 Å². The number of nitrogens with two attached hydrogens (primary N) is 1. The summed E-state index contributed by atoms with van der Waals surface area (Å²) in [6, 6.07) is 11.5. The van der Waals surface area contributed by atoms with Crippen LogP contribution in [-0.2, 0) is 13.2 Å². The molecule has 0 fully saturated rings. The van der Waals surface area contributed by atoms with Gasteiger partial charge in [0.15, 0.2) is 0 Å². The molecule has 2 N–H and O–H groups in total. The Morgan fingerprint density at radius 3 is 2.81 bits per heavy atom. The fourth-order valence-corrected chi connectivity index (χ4v) is 3.59. The smallest absolute Gasteiger partial charge is 0.131 e. The van der Waals surface area contributed by atoms with Gasteiger partial charge in [-0.15, -0.1) is 11.8 Å². The third kappa shape index (κ3) is 3.52. The molecule has 0 radical (unpaired) electrons. The van der Waals surface area contributed by atoms with Crippen LogP contribution < -0.4 is 5.73 Å². The second-order valence-corrected chi connectivity index (χ2v) is 6.85. The van der Waals surface area contributed by atoms with E-state index in [9.17, 15) is 8.78 Å². The van der Waals surface area contributed by atoms with Gasteiger partial charge >= 0.3 is 0 Å². The number of hydrogen-bond acceptors (Lipinski definition) is 3. The molecule has 26 heavy (non-hydrogen) atoms. The second-order valence-electron chi connectivity index (χ2n) is 5.97. The predicted molar refractivity (Wildman–Crippen MR) is 105 cm³/mol. The molecule has 6 heteroatoms. The van der Waals surface area contributed by atoms with Gasteiger partial charge < -0.3 is 10.3 Å². The molecule has 0 bridgehead atoms. The van der Waals surface area contributed by atoms with Crippen molar-refractivity contribution in [3.05, 3.63) is 59.7 Å². The molecule has 3 aromatic rings. The number of alkyl halides is 1. The standard InChI is InChI=1S/C20H21F2N3S/c1-13-19(14-4-3-5-17(10-14)26-2)20-18(7-6-16(11-21)24-20)25(13)12-15(22)8-9-23/h3-8,10H,9,11-12,23H2,1-2H3/b15-8-. The number of halogens is 2.